The third-order valence-corrected chi connectivity index (χ3v) is 4.74. The molecule has 0 bridgehead atoms. The van der Waals surface area contributed by atoms with Gasteiger partial charge in [0, 0.05) is 19.2 Å². The van der Waals surface area contributed by atoms with E-state index in [-0.39, 0.29) is 5.91 Å². The van der Waals surface area contributed by atoms with E-state index in [2.05, 4.69) is 10.2 Å². The Kier molecular flexibility index (Phi) is 6.89. The van der Waals surface area contributed by atoms with Crippen molar-refractivity contribution in [3.05, 3.63) is 59.7 Å². The summed E-state index contributed by atoms with van der Waals surface area (Å²) < 4.78 is 10.2. The predicted molar refractivity (Wildman–Crippen MR) is 115 cm³/mol. The zero-order valence-electron chi connectivity index (χ0n) is 16.8. The molecule has 1 amide bonds. The molecule has 3 rings (SSSR count). The number of ether oxygens (including phenoxy) is 2. The lowest BCUT2D eigenvalue weighted by Gasteiger charge is -2.22. The van der Waals surface area contributed by atoms with Crippen LogP contribution in [-0.4, -0.2) is 38.7 Å². The zero-order valence-corrected chi connectivity index (χ0v) is 16.8. The molecule has 1 heterocycles. The van der Waals surface area contributed by atoms with E-state index in [0.29, 0.717) is 17.9 Å². The summed E-state index contributed by atoms with van der Waals surface area (Å²) in [6.07, 6.45) is 5.45. The number of hydrogen-bond acceptors (Lipinski definition) is 5. The van der Waals surface area contributed by atoms with Crippen LogP contribution >= 0.6 is 0 Å². The third kappa shape index (κ3) is 5.38. The van der Waals surface area contributed by atoms with Gasteiger partial charge in [0.2, 0.25) is 5.91 Å². The van der Waals surface area contributed by atoms with Crippen LogP contribution in [0.2, 0.25) is 0 Å². The molecule has 0 aromatic heterocycles. The number of carbonyl (C=O) groups is 2. The van der Waals surface area contributed by atoms with Gasteiger partial charge in [-0.2, -0.15) is 0 Å². The fourth-order valence-electron chi connectivity index (χ4n) is 3.30. The lowest BCUT2D eigenvalue weighted by Crippen LogP contribution is -2.21. The van der Waals surface area contributed by atoms with Crippen LogP contribution in [0, 0.1) is 0 Å². The molecular formula is C23H26N2O4. The van der Waals surface area contributed by atoms with Crippen LogP contribution in [0.5, 0.6) is 5.75 Å². The molecule has 6 heteroatoms. The highest BCUT2D eigenvalue weighted by Gasteiger charge is 2.18. The minimum atomic E-state index is -0.432. The molecule has 0 atom stereocenters. The van der Waals surface area contributed by atoms with Crippen LogP contribution in [0.1, 0.15) is 35.7 Å². The van der Waals surface area contributed by atoms with Gasteiger partial charge in [-0.25, -0.2) is 4.79 Å². The van der Waals surface area contributed by atoms with Crippen LogP contribution < -0.4 is 15.0 Å². The highest BCUT2D eigenvalue weighted by atomic mass is 16.5. The summed E-state index contributed by atoms with van der Waals surface area (Å²) in [6, 6.07) is 12.8. The minimum Gasteiger partial charge on any atom is -0.494 e. The third-order valence-electron chi connectivity index (χ3n) is 4.74. The predicted octanol–water partition coefficient (Wildman–Crippen LogP) is 4.12. The molecule has 6 nitrogen and oxygen atoms in total. The smallest absolute Gasteiger partial charge is 0.337 e. The van der Waals surface area contributed by atoms with Gasteiger partial charge < -0.3 is 19.7 Å². The average Bonchev–Trinajstić information content (AvgIpc) is 3.27. The van der Waals surface area contributed by atoms with Gasteiger partial charge in [0.05, 0.1) is 30.7 Å². The maximum absolute atomic E-state index is 12.5. The van der Waals surface area contributed by atoms with Crippen molar-refractivity contribution >= 4 is 29.3 Å². The number of carbonyl (C=O) groups excluding carboxylic acids is 2. The summed E-state index contributed by atoms with van der Waals surface area (Å²) in [5, 5.41) is 2.91. The Morgan fingerprint density at radius 3 is 2.48 bits per heavy atom. The molecular weight excluding hydrogens is 368 g/mol. The second-order valence-corrected chi connectivity index (χ2v) is 6.74. The van der Waals surface area contributed by atoms with Crippen LogP contribution in [-0.2, 0) is 9.53 Å². The number of anilines is 2. The molecule has 29 heavy (non-hydrogen) atoms. The molecule has 1 fully saturated rings. The zero-order chi connectivity index (χ0) is 20.6. The van der Waals surface area contributed by atoms with E-state index in [1.807, 2.05) is 37.3 Å². The van der Waals surface area contributed by atoms with Crippen molar-refractivity contribution < 1.29 is 19.1 Å². The maximum atomic E-state index is 12.5. The van der Waals surface area contributed by atoms with E-state index < -0.39 is 5.97 Å². The monoisotopic (exact) mass is 394 g/mol. The van der Waals surface area contributed by atoms with Gasteiger partial charge in [-0.3, -0.25) is 4.79 Å². The number of rotatable bonds is 7. The molecule has 2 aromatic rings. The molecule has 0 saturated carbocycles. The van der Waals surface area contributed by atoms with E-state index in [0.717, 1.165) is 42.9 Å². The molecule has 1 N–H and O–H groups in total. The molecule has 1 aliphatic rings. The first-order valence-corrected chi connectivity index (χ1v) is 9.80. The van der Waals surface area contributed by atoms with Crippen molar-refractivity contribution in [1.82, 2.24) is 0 Å². The topological polar surface area (TPSA) is 67.9 Å². The molecule has 2 aromatic carbocycles. The summed E-state index contributed by atoms with van der Waals surface area (Å²) in [6.45, 7) is 4.41. The Hall–Kier alpha value is -3.28. The molecule has 1 saturated heterocycles. The lowest BCUT2D eigenvalue weighted by molar-refractivity contribution is -0.111. The van der Waals surface area contributed by atoms with E-state index in [1.165, 1.54) is 13.2 Å². The highest BCUT2D eigenvalue weighted by Crippen LogP contribution is 2.30. The van der Waals surface area contributed by atoms with Crippen molar-refractivity contribution in [2.45, 2.75) is 19.8 Å². The number of esters is 1. The standard InChI is InChI=1S/C23H26N2O4/c1-3-29-19-10-6-17(7-11-19)8-13-22(26)24-20-16-18(23(27)28-2)9-12-21(20)25-14-4-5-15-25/h6-13,16H,3-5,14-15H2,1-2H3,(H,24,26)/b13-8+. The van der Waals surface area contributed by atoms with E-state index in [9.17, 15) is 9.59 Å². The number of methoxy groups -OCH3 is 1. The number of nitrogens with zero attached hydrogens (tertiary/aromatic N) is 1. The number of benzene rings is 2. The van der Waals surface area contributed by atoms with Gasteiger partial charge in [-0.05, 0) is 61.7 Å². The molecule has 0 unspecified atom stereocenters. The summed E-state index contributed by atoms with van der Waals surface area (Å²) >= 11 is 0. The van der Waals surface area contributed by atoms with Crippen LogP contribution in [0.15, 0.2) is 48.5 Å². The van der Waals surface area contributed by atoms with Crippen LogP contribution in [0.25, 0.3) is 6.08 Å². The summed E-state index contributed by atoms with van der Waals surface area (Å²) in [5.41, 5.74) is 2.82. The van der Waals surface area contributed by atoms with E-state index in [4.69, 9.17) is 9.47 Å². The van der Waals surface area contributed by atoms with Crippen LogP contribution in [0.4, 0.5) is 11.4 Å². The summed E-state index contributed by atoms with van der Waals surface area (Å²) in [4.78, 5) is 26.6. The SMILES string of the molecule is CCOc1ccc(/C=C/C(=O)Nc2cc(C(=O)OC)ccc2N2CCCC2)cc1. The molecule has 0 radical (unpaired) electrons. The Bertz CT molecular complexity index is 884. The van der Waals surface area contributed by atoms with Crippen molar-refractivity contribution in [2.24, 2.45) is 0 Å². The molecule has 0 aliphatic carbocycles. The first-order chi connectivity index (χ1) is 14.1. The molecule has 1 aliphatic heterocycles. The van der Waals surface area contributed by atoms with Gasteiger partial charge in [0.25, 0.3) is 0 Å². The minimum absolute atomic E-state index is 0.263. The van der Waals surface area contributed by atoms with Crippen molar-refractivity contribution in [3.63, 3.8) is 0 Å². The normalized spacial score (nSPS) is 13.5. The Morgan fingerprint density at radius 1 is 1.10 bits per heavy atom. The van der Waals surface area contributed by atoms with Crippen molar-refractivity contribution in [1.29, 1.82) is 0 Å². The maximum Gasteiger partial charge on any atom is 0.337 e. The van der Waals surface area contributed by atoms with Gasteiger partial charge in [-0.1, -0.05) is 12.1 Å². The Balaban J connectivity index is 1.75. The largest absolute Gasteiger partial charge is 0.494 e. The number of hydrogen-bond donors (Lipinski definition) is 1. The Morgan fingerprint density at radius 2 is 1.83 bits per heavy atom. The van der Waals surface area contributed by atoms with E-state index in [1.54, 1.807) is 18.2 Å². The van der Waals surface area contributed by atoms with Crippen molar-refractivity contribution in [2.75, 3.05) is 37.0 Å². The highest BCUT2D eigenvalue weighted by molar-refractivity contribution is 6.05. The lowest BCUT2D eigenvalue weighted by atomic mass is 10.1. The average molecular weight is 394 g/mol. The molecule has 152 valence electrons. The summed E-state index contributed by atoms with van der Waals surface area (Å²) in [5.74, 6) is 0.101. The summed E-state index contributed by atoms with van der Waals surface area (Å²) in [7, 11) is 1.34. The van der Waals surface area contributed by atoms with Gasteiger partial charge >= 0.3 is 5.97 Å². The Labute approximate surface area is 171 Å². The van der Waals surface area contributed by atoms with Gasteiger partial charge in [-0.15, -0.1) is 0 Å². The van der Waals surface area contributed by atoms with Crippen LogP contribution in [0.3, 0.4) is 0 Å². The first kappa shape index (κ1) is 20.5. The van der Waals surface area contributed by atoms with Gasteiger partial charge in [0.15, 0.2) is 0 Å². The fourth-order valence-corrected chi connectivity index (χ4v) is 3.30. The second-order valence-electron chi connectivity index (χ2n) is 6.74. The van der Waals surface area contributed by atoms with Crippen molar-refractivity contribution in [3.8, 4) is 5.75 Å². The van der Waals surface area contributed by atoms with E-state index >= 15 is 0 Å². The quantitative estimate of drug-likeness (QED) is 0.565. The molecule has 0 spiro atoms. The second kappa shape index (κ2) is 9.78. The first-order valence-electron chi connectivity index (χ1n) is 9.80. The van der Waals surface area contributed by atoms with Gasteiger partial charge in [0.1, 0.15) is 5.75 Å². The number of nitrogens with one attached hydrogen (secondary N) is 1. The number of amides is 1. The fraction of sp³-hybridized carbons (Fsp3) is 0.304.